The van der Waals surface area contributed by atoms with Crippen LogP contribution in [-0.2, 0) is 19.2 Å². The normalized spacial score (nSPS) is 19.0. The molecular weight excluding hydrogens is 404 g/mol. The number of rotatable bonds is 6. The van der Waals surface area contributed by atoms with E-state index in [9.17, 15) is 4.21 Å². The summed E-state index contributed by atoms with van der Waals surface area (Å²) >= 11 is 0. The number of anilines is 1. The number of methoxy groups -OCH3 is 1. The lowest BCUT2D eigenvalue weighted by atomic mass is 10.1. The molecular formula is C20H26N6O3S. The summed E-state index contributed by atoms with van der Waals surface area (Å²) in [5.41, 5.74) is 2.78. The molecule has 160 valence electrons. The largest absolute Gasteiger partial charge is 0.384 e. The smallest absolute Gasteiger partial charge is 0.131 e. The number of fused-ring (bicyclic) bond motifs is 1. The van der Waals surface area contributed by atoms with Crippen LogP contribution in [-0.4, -0.2) is 75.9 Å². The van der Waals surface area contributed by atoms with Gasteiger partial charge in [0.1, 0.15) is 17.0 Å². The minimum Gasteiger partial charge on any atom is -0.384 e. The average Bonchev–Trinajstić information content (AvgIpc) is 3.26. The van der Waals surface area contributed by atoms with E-state index in [1.165, 1.54) is 0 Å². The zero-order chi connectivity index (χ0) is 21.1. The van der Waals surface area contributed by atoms with E-state index in [1.807, 2.05) is 18.2 Å². The maximum absolute atomic E-state index is 13.1. The third-order valence-electron chi connectivity index (χ3n) is 5.07. The van der Waals surface area contributed by atoms with Crippen LogP contribution in [0.3, 0.4) is 0 Å². The average molecular weight is 431 g/mol. The number of morpholine rings is 1. The Morgan fingerprint density at radius 2 is 2.27 bits per heavy atom. The Morgan fingerprint density at radius 1 is 1.40 bits per heavy atom. The number of hydrogen-bond acceptors (Lipinski definition) is 8. The van der Waals surface area contributed by atoms with Crippen molar-refractivity contribution in [3.05, 3.63) is 30.6 Å². The lowest BCUT2D eigenvalue weighted by Crippen LogP contribution is -2.44. The molecule has 0 bridgehead atoms. The molecule has 3 aromatic rings. The number of nitrogens with one attached hydrogen (secondary N) is 1. The van der Waals surface area contributed by atoms with Gasteiger partial charge < -0.3 is 14.4 Å². The van der Waals surface area contributed by atoms with Crippen LogP contribution in [0, 0.1) is 0 Å². The Bertz CT molecular complexity index is 1140. The van der Waals surface area contributed by atoms with E-state index >= 15 is 0 Å². The van der Waals surface area contributed by atoms with E-state index in [4.69, 9.17) is 14.5 Å². The van der Waals surface area contributed by atoms with Crippen molar-refractivity contribution in [3.63, 3.8) is 0 Å². The number of pyridine rings is 2. The predicted molar refractivity (Wildman–Crippen MR) is 118 cm³/mol. The highest BCUT2D eigenvalue weighted by Crippen LogP contribution is 2.35. The van der Waals surface area contributed by atoms with Crippen molar-refractivity contribution >= 4 is 32.1 Å². The topological polar surface area (TPSA) is 106 Å². The van der Waals surface area contributed by atoms with Crippen LogP contribution in [0.4, 0.5) is 11.5 Å². The minimum atomic E-state index is -2.48. The lowest BCUT2D eigenvalue weighted by molar-refractivity contribution is 0.0986. The van der Waals surface area contributed by atoms with Crippen molar-refractivity contribution in [2.75, 3.05) is 50.4 Å². The number of ether oxygens (including phenoxy) is 2. The second kappa shape index (κ2) is 8.66. The van der Waals surface area contributed by atoms with Crippen LogP contribution in [0.5, 0.6) is 0 Å². The predicted octanol–water partition coefficient (Wildman–Crippen LogP) is 2.62. The highest BCUT2D eigenvalue weighted by Gasteiger charge is 2.23. The van der Waals surface area contributed by atoms with E-state index < -0.39 is 9.73 Å². The molecule has 10 heteroatoms. The Kier molecular flexibility index (Phi) is 5.98. The van der Waals surface area contributed by atoms with E-state index in [-0.39, 0.29) is 6.04 Å². The van der Waals surface area contributed by atoms with Crippen LogP contribution >= 0.6 is 0 Å². The molecule has 1 aliphatic rings. The summed E-state index contributed by atoms with van der Waals surface area (Å²) in [6.07, 6.45) is 5.05. The molecule has 0 saturated carbocycles. The first kappa shape index (κ1) is 20.7. The van der Waals surface area contributed by atoms with Gasteiger partial charge >= 0.3 is 0 Å². The monoisotopic (exact) mass is 430 g/mol. The lowest BCUT2D eigenvalue weighted by Gasteiger charge is -2.34. The van der Waals surface area contributed by atoms with Crippen LogP contribution in [0.25, 0.3) is 22.3 Å². The van der Waals surface area contributed by atoms with Crippen LogP contribution < -0.4 is 4.90 Å². The highest BCUT2D eigenvalue weighted by atomic mass is 32.2. The first-order valence-corrected chi connectivity index (χ1v) is 11.9. The molecule has 0 aromatic carbocycles. The molecule has 3 aromatic heterocycles. The molecule has 2 atom stereocenters. The molecule has 30 heavy (non-hydrogen) atoms. The zero-order valence-corrected chi connectivity index (χ0v) is 18.2. The molecule has 1 saturated heterocycles. The standard InChI is InChI=1S/C20H26N6O3S/c1-14-13-29-9-8-26(14)18-12-17(25-30(3,27)11-10-28-2)15-4-6-21-20(19(15)23-18)16-5-7-22-24-16/h4-7,12,14H,8-11,13H2,1-3H3,(H,22,24)/t14-,30?/m1/s1. The SMILES string of the molecule is COCCS(C)(=O)=Nc1cc(N2CCOC[C@H]2C)nc2c(-c3ccn[nH]3)nccc12. The number of H-pyrrole nitrogens is 1. The minimum absolute atomic E-state index is 0.170. The summed E-state index contributed by atoms with van der Waals surface area (Å²) in [7, 11) is -0.883. The fourth-order valence-corrected chi connectivity index (χ4v) is 4.62. The van der Waals surface area contributed by atoms with Gasteiger partial charge in [0.15, 0.2) is 0 Å². The third kappa shape index (κ3) is 4.30. The van der Waals surface area contributed by atoms with E-state index in [0.717, 1.165) is 23.4 Å². The maximum Gasteiger partial charge on any atom is 0.131 e. The highest BCUT2D eigenvalue weighted by molar-refractivity contribution is 7.93. The van der Waals surface area contributed by atoms with Crippen LogP contribution in [0.1, 0.15) is 6.92 Å². The van der Waals surface area contributed by atoms with E-state index in [2.05, 4.69) is 31.4 Å². The van der Waals surface area contributed by atoms with Gasteiger partial charge in [0.25, 0.3) is 0 Å². The van der Waals surface area contributed by atoms with Crippen molar-refractivity contribution < 1.29 is 13.7 Å². The summed E-state index contributed by atoms with van der Waals surface area (Å²) in [6.45, 7) is 4.48. The van der Waals surface area contributed by atoms with Crippen molar-refractivity contribution in [1.29, 1.82) is 0 Å². The summed E-state index contributed by atoms with van der Waals surface area (Å²) in [5.74, 6) is 1.13. The van der Waals surface area contributed by atoms with E-state index in [0.29, 0.717) is 42.5 Å². The fourth-order valence-electron chi connectivity index (χ4n) is 3.49. The van der Waals surface area contributed by atoms with Gasteiger partial charge in [-0.05, 0) is 19.1 Å². The molecule has 0 amide bonds. The Morgan fingerprint density at radius 3 is 3.00 bits per heavy atom. The second-order valence-electron chi connectivity index (χ2n) is 7.39. The Balaban J connectivity index is 1.94. The molecule has 9 nitrogen and oxygen atoms in total. The quantitative estimate of drug-likeness (QED) is 0.641. The summed E-state index contributed by atoms with van der Waals surface area (Å²) < 4.78 is 28.4. The Hall–Kier alpha value is -2.56. The van der Waals surface area contributed by atoms with Gasteiger partial charge in [-0.3, -0.25) is 10.1 Å². The fraction of sp³-hybridized carbons (Fsp3) is 0.450. The number of aromatic amines is 1. The molecule has 4 heterocycles. The molecule has 1 N–H and O–H groups in total. The van der Waals surface area contributed by atoms with Gasteiger partial charge in [-0.25, -0.2) is 9.19 Å². The molecule has 1 unspecified atom stereocenters. The first-order valence-electron chi connectivity index (χ1n) is 9.81. The van der Waals surface area contributed by atoms with Crippen LogP contribution in [0.2, 0.25) is 0 Å². The zero-order valence-electron chi connectivity index (χ0n) is 17.4. The summed E-state index contributed by atoms with van der Waals surface area (Å²) in [6, 6.07) is 5.80. The molecule has 4 rings (SSSR count). The van der Waals surface area contributed by atoms with Gasteiger partial charge in [-0.15, -0.1) is 0 Å². The van der Waals surface area contributed by atoms with Gasteiger partial charge in [-0.2, -0.15) is 9.46 Å². The van der Waals surface area contributed by atoms with E-state index in [1.54, 1.807) is 25.8 Å². The van der Waals surface area contributed by atoms with Gasteiger partial charge in [0, 0.05) is 43.8 Å². The molecule has 0 spiro atoms. The number of nitrogens with zero attached hydrogens (tertiary/aromatic N) is 5. The van der Waals surface area contributed by atoms with Crippen molar-refractivity contribution in [2.24, 2.45) is 4.36 Å². The van der Waals surface area contributed by atoms with Crippen LogP contribution in [0.15, 0.2) is 35.0 Å². The molecule has 1 fully saturated rings. The molecule has 0 radical (unpaired) electrons. The van der Waals surface area contributed by atoms with Crippen molar-refractivity contribution in [3.8, 4) is 11.4 Å². The third-order valence-corrected chi connectivity index (χ3v) is 6.57. The van der Waals surface area contributed by atoms with Gasteiger partial charge in [0.2, 0.25) is 0 Å². The second-order valence-corrected chi connectivity index (χ2v) is 9.90. The molecule has 0 aliphatic carbocycles. The first-order chi connectivity index (χ1) is 14.5. The summed E-state index contributed by atoms with van der Waals surface area (Å²) in [4.78, 5) is 11.7. The number of aromatic nitrogens is 4. The Labute approximate surface area is 176 Å². The van der Waals surface area contributed by atoms with Gasteiger partial charge in [0.05, 0.1) is 52.7 Å². The number of hydrogen-bond donors (Lipinski definition) is 1. The van der Waals surface area contributed by atoms with Gasteiger partial charge in [-0.1, -0.05) is 0 Å². The molecule has 1 aliphatic heterocycles. The summed E-state index contributed by atoms with van der Waals surface area (Å²) in [5, 5.41) is 7.80. The van der Waals surface area contributed by atoms with Crippen molar-refractivity contribution in [2.45, 2.75) is 13.0 Å². The maximum atomic E-state index is 13.1. The van der Waals surface area contributed by atoms with Crippen molar-refractivity contribution in [1.82, 2.24) is 20.2 Å².